The molecule has 1 N–H and O–H groups in total. The third-order valence-electron chi connectivity index (χ3n) is 2.96. The number of likely N-dealkylation sites (N-methyl/N-ethyl adjacent to an activating group) is 2. The lowest BCUT2D eigenvalue weighted by molar-refractivity contribution is -0.135. The fraction of sp³-hybridized carbons (Fsp3) is 0.500. The van der Waals surface area contributed by atoms with Crippen molar-refractivity contribution in [1.29, 1.82) is 0 Å². The van der Waals surface area contributed by atoms with Crippen LogP contribution in [0.5, 0.6) is 0 Å². The molecule has 5 nitrogen and oxygen atoms in total. The number of nitrogens with one attached hydrogen (secondary N) is 1. The summed E-state index contributed by atoms with van der Waals surface area (Å²) in [5.41, 5.74) is 1.16. The highest BCUT2D eigenvalue weighted by molar-refractivity contribution is 5.85. The Hall–Kier alpha value is -1.88. The molecule has 21 heavy (non-hydrogen) atoms. The van der Waals surface area contributed by atoms with E-state index in [9.17, 15) is 9.59 Å². The molecule has 1 aromatic rings. The van der Waals surface area contributed by atoms with E-state index in [0.717, 1.165) is 5.56 Å². The molecule has 0 fully saturated rings. The maximum absolute atomic E-state index is 12.1. The summed E-state index contributed by atoms with van der Waals surface area (Å²) in [4.78, 5) is 27.1. The van der Waals surface area contributed by atoms with E-state index in [1.54, 1.807) is 7.05 Å². The van der Waals surface area contributed by atoms with Crippen molar-refractivity contribution in [3.63, 3.8) is 0 Å². The van der Waals surface area contributed by atoms with Gasteiger partial charge < -0.3 is 10.2 Å². The van der Waals surface area contributed by atoms with Crippen LogP contribution in [0.2, 0.25) is 0 Å². The molecule has 1 aromatic carbocycles. The number of hydrogen-bond donors (Lipinski definition) is 1. The number of benzene rings is 1. The number of hydrogen-bond acceptors (Lipinski definition) is 3. The molecule has 116 valence electrons. The average Bonchev–Trinajstić information content (AvgIpc) is 2.38. The summed E-state index contributed by atoms with van der Waals surface area (Å²) in [6, 6.07) is 10.1. The van der Waals surface area contributed by atoms with E-state index in [1.165, 1.54) is 4.90 Å². The molecule has 0 aliphatic carbocycles. The van der Waals surface area contributed by atoms with Crippen molar-refractivity contribution in [1.82, 2.24) is 15.1 Å². The Balaban J connectivity index is 2.39. The van der Waals surface area contributed by atoms with Gasteiger partial charge in [-0.3, -0.25) is 14.5 Å². The molecule has 5 heteroatoms. The van der Waals surface area contributed by atoms with Crippen LogP contribution in [0.1, 0.15) is 19.4 Å². The number of amides is 2. The van der Waals surface area contributed by atoms with Crippen LogP contribution >= 0.6 is 0 Å². The van der Waals surface area contributed by atoms with Gasteiger partial charge in [-0.25, -0.2) is 0 Å². The number of nitrogens with zero attached hydrogens (tertiary/aromatic N) is 2. The number of rotatable bonds is 7. The third-order valence-corrected chi connectivity index (χ3v) is 2.96. The molecule has 0 heterocycles. The highest BCUT2D eigenvalue weighted by Crippen LogP contribution is 2.02. The zero-order valence-corrected chi connectivity index (χ0v) is 13.3. The van der Waals surface area contributed by atoms with Crippen LogP contribution in [0.3, 0.4) is 0 Å². The summed E-state index contributed by atoms with van der Waals surface area (Å²) >= 11 is 0. The Morgan fingerprint density at radius 1 is 1.10 bits per heavy atom. The van der Waals surface area contributed by atoms with Crippen LogP contribution in [0.15, 0.2) is 30.3 Å². The van der Waals surface area contributed by atoms with Gasteiger partial charge in [-0.2, -0.15) is 0 Å². The van der Waals surface area contributed by atoms with Crippen molar-refractivity contribution in [2.75, 3.05) is 27.2 Å². The van der Waals surface area contributed by atoms with Gasteiger partial charge in [0.25, 0.3) is 0 Å². The van der Waals surface area contributed by atoms with Gasteiger partial charge in [-0.1, -0.05) is 30.3 Å². The minimum absolute atomic E-state index is 0.0627. The van der Waals surface area contributed by atoms with Crippen molar-refractivity contribution in [2.45, 2.75) is 26.4 Å². The lowest BCUT2D eigenvalue weighted by atomic mass is 10.2. The third kappa shape index (κ3) is 6.90. The molecule has 0 unspecified atom stereocenters. The van der Waals surface area contributed by atoms with Crippen LogP contribution in [0.4, 0.5) is 0 Å². The quantitative estimate of drug-likeness (QED) is 0.818. The van der Waals surface area contributed by atoms with Gasteiger partial charge in [0.1, 0.15) is 0 Å². The predicted octanol–water partition coefficient (Wildman–Crippen LogP) is 1.10. The van der Waals surface area contributed by atoms with Gasteiger partial charge in [0.15, 0.2) is 0 Å². The van der Waals surface area contributed by atoms with Crippen LogP contribution in [0, 0.1) is 0 Å². The molecule has 0 bridgehead atoms. The lowest BCUT2D eigenvalue weighted by Gasteiger charge is -2.22. The zero-order valence-electron chi connectivity index (χ0n) is 13.3. The summed E-state index contributed by atoms with van der Waals surface area (Å²) in [5, 5.41) is 2.78. The van der Waals surface area contributed by atoms with E-state index in [2.05, 4.69) is 5.32 Å². The summed E-state index contributed by atoms with van der Waals surface area (Å²) < 4.78 is 0. The second-order valence-corrected chi connectivity index (χ2v) is 5.63. The second kappa shape index (κ2) is 8.42. The first-order valence-corrected chi connectivity index (χ1v) is 7.14. The van der Waals surface area contributed by atoms with E-state index in [-0.39, 0.29) is 24.4 Å². The molecular weight excluding hydrogens is 266 g/mol. The highest BCUT2D eigenvalue weighted by Gasteiger charge is 2.15. The minimum Gasteiger partial charge on any atom is -0.352 e. The van der Waals surface area contributed by atoms with E-state index < -0.39 is 0 Å². The molecule has 0 aliphatic heterocycles. The van der Waals surface area contributed by atoms with Gasteiger partial charge in [-0.05, 0) is 26.5 Å². The van der Waals surface area contributed by atoms with Crippen LogP contribution in [-0.2, 0) is 16.1 Å². The monoisotopic (exact) mass is 291 g/mol. The molecule has 0 aliphatic rings. The molecule has 0 atom stereocenters. The van der Waals surface area contributed by atoms with Crippen molar-refractivity contribution in [2.24, 2.45) is 0 Å². The highest BCUT2D eigenvalue weighted by atomic mass is 16.2. The van der Waals surface area contributed by atoms with E-state index in [1.807, 2.05) is 56.1 Å². The second-order valence-electron chi connectivity index (χ2n) is 5.63. The molecular formula is C16H25N3O2. The standard InChI is InChI=1S/C16H25N3O2/c1-13(2)17-15(20)11-19(4)16(21)12-18(3)10-14-8-6-5-7-9-14/h5-9,13H,10-12H2,1-4H3,(H,17,20). The van der Waals surface area contributed by atoms with Crippen molar-refractivity contribution < 1.29 is 9.59 Å². The van der Waals surface area contributed by atoms with Gasteiger partial charge >= 0.3 is 0 Å². The number of carbonyl (C=O) groups is 2. The maximum atomic E-state index is 12.1. The first-order chi connectivity index (χ1) is 9.88. The summed E-state index contributed by atoms with van der Waals surface area (Å²) in [6.45, 7) is 4.88. The lowest BCUT2D eigenvalue weighted by Crippen LogP contribution is -2.43. The fourth-order valence-corrected chi connectivity index (χ4v) is 1.97. The summed E-state index contributed by atoms with van der Waals surface area (Å²) in [7, 11) is 3.55. The SMILES string of the molecule is CC(C)NC(=O)CN(C)C(=O)CN(C)Cc1ccccc1. The van der Waals surface area contributed by atoms with Crippen molar-refractivity contribution >= 4 is 11.8 Å². The van der Waals surface area contributed by atoms with Crippen molar-refractivity contribution in [3.05, 3.63) is 35.9 Å². The Labute approximate surface area is 126 Å². The molecule has 0 spiro atoms. The van der Waals surface area contributed by atoms with Gasteiger partial charge in [-0.15, -0.1) is 0 Å². The first-order valence-electron chi connectivity index (χ1n) is 7.14. The average molecular weight is 291 g/mol. The maximum Gasteiger partial charge on any atom is 0.239 e. The smallest absolute Gasteiger partial charge is 0.239 e. The van der Waals surface area contributed by atoms with Gasteiger partial charge in [0.05, 0.1) is 13.1 Å². The summed E-state index contributed by atoms with van der Waals surface area (Å²) in [6.07, 6.45) is 0. The first kappa shape index (κ1) is 17.2. The molecule has 0 saturated carbocycles. The Kier molecular flexibility index (Phi) is 6.88. The Morgan fingerprint density at radius 3 is 2.29 bits per heavy atom. The molecule has 0 saturated heterocycles. The minimum atomic E-state index is -0.133. The van der Waals surface area contributed by atoms with Crippen molar-refractivity contribution in [3.8, 4) is 0 Å². The van der Waals surface area contributed by atoms with Crippen LogP contribution in [0.25, 0.3) is 0 Å². The molecule has 2 amide bonds. The van der Waals surface area contributed by atoms with Crippen LogP contribution < -0.4 is 5.32 Å². The predicted molar refractivity (Wildman–Crippen MR) is 83.7 cm³/mol. The number of carbonyl (C=O) groups excluding carboxylic acids is 2. The van der Waals surface area contributed by atoms with E-state index in [4.69, 9.17) is 0 Å². The van der Waals surface area contributed by atoms with E-state index in [0.29, 0.717) is 13.1 Å². The summed E-state index contributed by atoms with van der Waals surface area (Å²) in [5.74, 6) is -0.195. The fourth-order valence-electron chi connectivity index (χ4n) is 1.97. The van der Waals surface area contributed by atoms with Crippen LogP contribution in [-0.4, -0.2) is 54.8 Å². The Bertz CT molecular complexity index is 460. The van der Waals surface area contributed by atoms with Gasteiger partial charge in [0.2, 0.25) is 11.8 Å². The van der Waals surface area contributed by atoms with E-state index >= 15 is 0 Å². The largest absolute Gasteiger partial charge is 0.352 e. The topological polar surface area (TPSA) is 52.7 Å². The van der Waals surface area contributed by atoms with Gasteiger partial charge in [0, 0.05) is 19.6 Å². The molecule has 0 aromatic heterocycles. The molecule has 0 radical (unpaired) electrons. The molecule has 1 rings (SSSR count). The Morgan fingerprint density at radius 2 is 1.71 bits per heavy atom. The normalized spacial score (nSPS) is 10.8. The zero-order chi connectivity index (χ0) is 15.8.